The number of halogens is 2. The van der Waals surface area contributed by atoms with Gasteiger partial charge in [-0.15, -0.1) is 0 Å². The Kier molecular flexibility index (Phi) is 7.03. The molecule has 1 amide bonds. The second-order valence-corrected chi connectivity index (χ2v) is 5.82. The summed E-state index contributed by atoms with van der Waals surface area (Å²) < 4.78 is 18.3. The zero-order chi connectivity index (χ0) is 17.4. The number of hydrogen-bond donors (Lipinski definition) is 1. The van der Waals surface area contributed by atoms with E-state index in [1.54, 1.807) is 18.2 Å². The van der Waals surface area contributed by atoms with Crippen LogP contribution in [0.25, 0.3) is 0 Å². The summed E-state index contributed by atoms with van der Waals surface area (Å²) in [4.78, 5) is 13.8. The third kappa shape index (κ3) is 6.18. The molecule has 2 aromatic rings. The third-order valence-corrected chi connectivity index (χ3v) is 3.77. The van der Waals surface area contributed by atoms with E-state index in [4.69, 9.17) is 16.3 Å². The smallest absolute Gasteiger partial charge is 0.234 e. The quantitative estimate of drug-likeness (QED) is 0.795. The number of carbonyl (C=O) groups excluding carboxylic acids is 1. The molecule has 0 spiro atoms. The Labute approximate surface area is 146 Å². The fourth-order valence-corrected chi connectivity index (χ4v) is 2.27. The lowest BCUT2D eigenvalue weighted by Crippen LogP contribution is -2.36. The maximum atomic E-state index is 12.8. The van der Waals surface area contributed by atoms with Crippen molar-refractivity contribution < 1.29 is 13.9 Å². The fraction of sp³-hybridized carbons (Fsp3) is 0.278. The number of amides is 1. The van der Waals surface area contributed by atoms with Crippen LogP contribution in [0.3, 0.4) is 0 Å². The highest BCUT2D eigenvalue weighted by atomic mass is 35.5. The lowest BCUT2D eigenvalue weighted by atomic mass is 10.2. The number of ether oxygens (including phenoxy) is 1. The number of hydrogen-bond acceptors (Lipinski definition) is 3. The molecule has 1 N–H and O–H groups in total. The molecule has 4 nitrogen and oxygen atoms in total. The molecule has 0 aromatic heterocycles. The van der Waals surface area contributed by atoms with Gasteiger partial charge in [-0.05, 0) is 42.9 Å². The van der Waals surface area contributed by atoms with Crippen molar-refractivity contribution >= 4 is 17.5 Å². The van der Waals surface area contributed by atoms with Crippen molar-refractivity contribution in [3.05, 3.63) is 64.9 Å². The van der Waals surface area contributed by atoms with E-state index in [0.29, 0.717) is 30.5 Å². The molecule has 0 aliphatic heterocycles. The van der Waals surface area contributed by atoms with Crippen LogP contribution in [0.5, 0.6) is 5.75 Å². The summed E-state index contributed by atoms with van der Waals surface area (Å²) in [5, 5.41) is 3.48. The van der Waals surface area contributed by atoms with Crippen molar-refractivity contribution in [3.8, 4) is 5.75 Å². The van der Waals surface area contributed by atoms with Crippen LogP contribution in [0.2, 0.25) is 5.02 Å². The van der Waals surface area contributed by atoms with E-state index in [1.807, 2.05) is 30.1 Å². The van der Waals surface area contributed by atoms with Gasteiger partial charge < -0.3 is 10.1 Å². The number of likely N-dealkylation sites (N-methyl/N-ethyl adjacent to an activating group) is 1. The summed E-state index contributed by atoms with van der Waals surface area (Å²) in [7, 11) is 1.84. The highest BCUT2D eigenvalue weighted by molar-refractivity contribution is 6.31. The minimum absolute atomic E-state index is 0.0841. The first kappa shape index (κ1) is 18.2. The van der Waals surface area contributed by atoms with E-state index in [0.717, 1.165) is 5.56 Å². The molecule has 0 aliphatic carbocycles. The van der Waals surface area contributed by atoms with E-state index in [-0.39, 0.29) is 18.3 Å². The van der Waals surface area contributed by atoms with Gasteiger partial charge in [0.2, 0.25) is 5.91 Å². The van der Waals surface area contributed by atoms with Gasteiger partial charge in [-0.25, -0.2) is 4.39 Å². The minimum Gasteiger partial charge on any atom is -0.492 e. The summed E-state index contributed by atoms with van der Waals surface area (Å²) in [5.41, 5.74) is 0.884. The van der Waals surface area contributed by atoms with Crippen LogP contribution in [0.4, 0.5) is 4.39 Å². The van der Waals surface area contributed by atoms with E-state index in [9.17, 15) is 9.18 Å². The summed E-state index contributed by atoms with van der Waals surface area (Å²) >= 11 is 6.05. The van der Waals surface area contributed by atoms with Gasteiger partial charge in [-0.3, -0.25) is 9.69 Å². The molecule has 0 atom stereocenters. The summed E-state index contributed by atoms with van der Waals surface area (Å²) in [5.74, 6) is 0.224. The number of benzene rings is 2. The van der Waals surface area contributed by atoms with Crippen LogP contribution in [-0.4, -0.2) is 37.6 Å². The Morgan fingerprint density at radius 1 is 1.21 bits per heavy atom. The molecule has 24 heavy (non-hydrogen) atoms. The Bertz CT molecular complexity index is 664. The lowest BCUT2D eigenvalue weighted by Gasteiger charge is -2.17. The molecule has 6 heteroatoms. The molecule has 0 saturated heterocycles. The van der Waals surface area contributed by atoms with E-state index >= 15 is 0 Å². The van der Waals surface area contributed by atoms with Crippen molar-refractivity contribution in [2.45, 2.75) is 6.54 Å². The van der Waals surface area contributed by atoms with Gasteiger partial charge in [-0.1, -0.05) is 29.8 Å². The van der Waals surface area contributed by atoms with Crippen LogP contribution in [0.1, 0.15) is 5.56 Å². The van der Waals surface area contributed by atoms with Gasteiger partial charge in [0.05, 0.1) is 6.54 Å². The highest BCUT2D eigenvalue weighted by Gasteiger charge is 2.07. The zero-order valence-electron chi connectivity index (χ0n) is 13.5. The molecule has 0 radical (unpaired) electrons. The van der Waals surface area contributed by atoms with Crippen LogP contribution in [0.15, 0.2) is 48.5 Å². The van der Waals surface area contributed by atoms with Gasteiger partial charge >= 0.3 is 0 Å². The van der Waals surface area contributed by atoms with Crippen molar-refractivity contribution in [2.75, 3.05) is 26.7 Å². The highest BCUT2D eigenvalue weighted by Crippen LogP contribution is 2.14. The molecule has 2 aromatic carbocycles. The van der Waals surface area contributed by atoms with Gasteiger partial charge in [-0.2, -0.15) is 0 Å². The number of rotatable bonds is 8. The normalized spacial score (nSPS) is 10.7. The van der Waals surface area contributed by atoms with E-state index in [2.05, 4.69) is 5.32 Å². The van der Waals surface area contributed by atoms with Crippen LogP contribution in [-0.2, 0) is 11.3 Å². The molecular formula is C18H20ClFN2O2. The monoisotopic (exact) mass is 350 g/mol. The lowest BCUT2D eigenvalue weighted by molar-refractivity contribution is -0.122. The second-order valence-electron chi connectivity index (χ2n) is 5.41. The van der Waals surface area contributed by atoms with E-state index < -0.39 is 0 Å². The topological polar surface area (TPSA) is 41.6 Å². The Morgan fingerprint density at radius 2 is 1.92 bits per heavy atom. The number of nitrogens with zero attached hydrogens (tertiary/aromatic N) is 1. The van der Waals surface area contributed by atoms with Gasteiger partial charge in [0.1, 0.15) is 18.2 Å². The fourth-order valence-electron chi connectivity index (χ4n) is 2.07. The van der Waals surface area contributed by atoms with Crippen molar-refractivity contribution in [1.82, 2.24) is 10.2 Å². The SMILES string of the molecule is CN(CCOc1ccc(F)cc1)CC(=O)NCc1ccccc1Cl. The molecule has 0 fully saturated rings. The Balaban J connectivity index is 1.66. The first-order valence-corrected chi connectivity index (χ1v) is 7.99. The summed E-state index contributed by atoms with van der Waals surface area (Å²) in [6, 6.07) is 13.2. The minimum atomic E-state index is -0.297. The average Bonchev–Trinajstić information content (AvgIpc) is 2.56. The standard InChI is InChI=1S/C18H20ClFN2O2/c1-22(10-11-24-16-8-6-15(20)7-9-16)13-18(23)21-12-14-4-2-3-5-17(14)19/h2-9H,10-13H2,1H3,(H,21,23). The maximum Gasteiger partial charge on any atom is 0.234 e. The molecule has 2 rings (SSSR count). The van der Waals surface area contributed by atoms with Crippen molar-refractivity contribution in [1.29, 1.82) is 0 Å². The van der Waals surface area contributed by atoms with Crippen LogP contribution in [0, 0.1) is 5.82 Å². The largest absolute Gasteiger partial charge is 0.492 e. The predicted molar refractivity (Wildman–Crippen MR) is 92.7 cm³/mol. The van der Waals surface area contributed by atoms with E-state index in [1.165, 1.54) is 12.1 Å². The molecule has 0 saturated carbocycles. The Morgan fingerprint density at radius 3 is 2.62 bits per heavy atom. The first-order chi connectivity index (χ1) is 11.5. The van der Waals surface area contributed by atoms with Crippen molar-refractivity contribution in [3.63, 3.8) is 0 Å². The first-order valence-electron chi connectivity index (χ1n) is 7.61. The summed E-state index contributed by atoms with van der Waals surface area (Å²) in [6.45, 7) is 1.66. The Hall–Kier alpha value is -2.11. The molecule has 0 bridgehead atoms. The van der Waals surface area contributed by atoms with Gasteiger partial charge in [0.25, 0.3) is 0 Å². The number of carbonyl (C=O) groups is 1. The van der Waals surface area contributed by atoms with Gasteiger partial charge in [0.15, 0.2) is 0 Å². The molecule has 0 aliphatic rings. The predicted octanol–water partition coefficient (Wildman–Crippen LogP) is 3.11. The third-order valence-electron chi connectivity index (χ3n) is 3.40. The molecule has 0 heterocycles. The summed E-state index contributed by atoms with van der Waals surface area (Å²) in [6.07, 6.45) is 0. The molecular weight excluding hydrogens is 331 g/mol. The molecule has 128 valence electrons. The van der Waals surface area contributed by atoms with Crippen LogP contribution >= 0.6 is 11.6 Å². The molecule has 0 unspecified atom stereocenters. The number of nitrogens with one attached hydrogen (secondary N) is 1. The average molecular weight is 351 g/mol. The second kappa shape index (κ2) is 9.25. The maximum absolute atomic E-state index is 12.8. The zero-order valence-corrected chi connectivity index (χ0v) is 14.2. The van der Waals surface area contributed by atoms with Gasteiger partial charge in [0, 0.05) is 18.1 Å². The van der Waals surface area contributed by atoms with Crippen molar-refractivity contribution in [2.24, 2.45) is 0 Å². The van der Waals surface area contributed by atoms with Crippen LogP contribution < -0.4 is 10.1 Å².